The molecule has 0 unspecified atom stereocenters. The zero-order valence-electron chi connectivity index (χ0n) is 17.6. The maximum absolute atomic E-state index is 13.4. The van der Waals surface area contributed by atoms with Crippen LogP contribution in [-0.4, -0.2) is 26.6 Å². The highest BCUT2D eigenvalue weighted by atomic mass is 35.5. The van der Waals surface area contributed by atoms with Crippen molar-refractivity contribution >= 4 is 27.6 Å². The zero-order valence-corrected chi connectivity index (χ0v) is 19.1. The molecular weight excluding hydrogens is 445 g/mol. The summed E-state index contributed by atoms with van der Waals surface area (Å²) in [5.74, 6) is -0.640. The van der Waals surface area contributed by atoms with Gasteiger partial charge in [0.25, 0.3) is 0 Å². The van der Waals surface area contributed by atoms with Crippen molar-refractivity contribution in [2.75, 3.05) is 6.61 Å². The Bertz CT molecular complexity index is 1080. The monoisotopic (exact) mass is 469 g/mol. The second kappa shape index (κ2) is 9.14. The van der Waals surface area contributed by atoms with Crippen LogP contribution in [-0.2, 0) is 26.0 Å². The lowest BCUT2D eigenvalue weighted by Gasteiger charge is -2.28. The summed E-state index contributed by atoms with van der Waals surface area (Å²) in [6.45, 7) is 5.10. The lowest BCUT2D eigenvalue weighted by Crippen LogP contribution is -2.31. The van der Waals surface area contributed by atoms with Gasteiger partial charge in [0.05, 0.1) is 9.92 Å². The minimum Gasteiger partial charge on any atom is -0.482 e. The average molecular weight is 470 g/mol. The van der Waals surface area contributed by atoms with Gasteiger partial charge in [0.15, 0.2) is 6.61 Å². The fourth-order valence-corrected chi connectivity index (χ4v) is 5.00. The Hall–Kier alpha value is -2.16. The molecule has 2 aromatic carbocycles. The number of halogens is 2. The minimum atomic E-state index is -3.92. The molecule has 0 amide bonds. The Morgan fingerprint density at radius 1 is 1.26 bits per heavy atom. The van der Waals surface area contributed by atoms with E-state index < -0.39 is 33.5 Å². The van der Waals surface area contributed by atoms with E-state index in [9.17, 15) is 17.6 Å². The van der Waals surface area contributed by atoms with Gasteiger partial charge in [0, 0.05) is 6.04 Å². The van der Waals surface area contributed by atoms with E-state index in [1.165, 1.54) is 6.07 Å². The molecule has 0 aromatic heterocycles. The van der Waals surface area contributed by atoms with Gasteiger partial charge in [-0.2, -0.15) is 0 Å². The first kappa shape index (κ1) is 23.5. The first-order valence-corrected chi connectivity index (χ1v) is 11.8. The molecule has 0 saturated carbocycles. The average Bonchev–Trinajstić information content (AvgIpc) is 2.67. The molecule has 3 rings (SSSR count). The van der Waals surface area contributed by atoms with Gasteiger partial charge in [0.2, 0.25) is 10.0 Å². The van der Waals surface area contributed by atoms with Gasteiger partial charge in [-0.05, 0) is 75.4 Å². The SMILES string of the molecule is CC(C)(C)OC(=O)COc1cccc2c1CCC[C@H]2NS(=O)(=O)c1ccc(F)c(Cl)c1. The molecular formula is C22H25ClFNO5S. The summed E-state index contributed by atoms with van der Waals surface area (Å²) >= 11 is 5.74. The summed E-state index contributed by atoms with van der Waals surface area (Å²) in [6, 6.07) is 8.14. The Balaban J connectivity index is 1.79. The molecule has 0 bridgehead atoms. The van der Waals surface area contributed by atoms with E-state index in [-0.39, 0.29) is 16.5 Å². The fraction of sp³-hybridized carbons (Fsp3) is 0.409. The highest BCUT2D eigenvalue weighted by Crippen LogP contribution is 2.36. The molecule has 0 fully saturated rings. The minimum absolute atomic E-state index is 0.108. The van der Waals surface area contributed by atoms with E-state index in [1.807, 2.05) is 6.07 Å². The molecule has 1 aliphatic rings. The van der Waals surface area contributed by atoms with Crippen molar-refractivity contribution in [3.8, 4) is 5.75 Å². The molecule has 1 atom stereocenters. The molecule has 168 valence electrons. The van der Waals surface area contributed by atoms with E-state index in [4.69, 9.17) is 21.1 Å². The number of hydrogen-bond donors (Lipinski definition) is 1. The van der Waals surface area contributed by atoms with Crippen molar-refractivity contribution in [2.24, 2.45) is 0 Å². The van der Waals surface area contributed by atoms with Crippen LogP contribution < -0.4 is 9.46 Å². The number of rotatable bonds is 6. The first-order valence-electron chi connectivity index (χ1n) is 9.90. The number of carbonyl (C=O) groups excluding carboxylic acids is 1. The van der Waals surface area contributed by atoms with E-state index in [0.717, 1.165) is 29.7 Å². The van der Waals surface area contributed by atoms with Gasteiger partial charge in [0.1, 0.15) is 17.2 Å². The van der Waals surface area contributed by atoms with E-state index in [1.54, 1.807) is 32.9 Å². The van der Waals surface area contributed by atoms with Crippen molar-refractivity contribution in [1.82, 2.24) is 4.72 Å². The molecule has 0 spiro atoms. The fourth-order valence-electron chi connectivity index (χ4n) is 3.48. The third-order valence-electron chi connectivity index (χ3n) is 4.73. The lowest BCUT2D eigenvalue weighted by atomic mass is 9.87. The van der Waals surface area contributed by atoms with E-state index >= 15 is 0 Å². The lowest BCUT2D eigenvalue weighted by molar-refractivity contribution is -0.157. The summed E-state index contributed by atoms with van der Waals surface area (Å²) in [7, 11) is -3.92. The quantitative estimate of drug-likeness (QED) is 0.627. The summed E-state index contributed by atoms with van der Waals surface area (Å²) in [5.41, 5.74) is 1.02. The topological polar surface area (TPSA) is 81.7 Å². The largest absolute Gasteiger partial charge is 0.482 e. The number of nitrogens with one attached hydrogen (secondary N) is 1. The molecule has 31 heavy (non-hydrogen) atoms. The van der Waals surface area contributed by atoms with Crippen LogP contribution in [0.3, 0.4) is 0 Å². The van der Waals surface area contributed by atoms with E-state index in [2.05, 4.69) is 4.72 Å². The van der Waals surface area contributed by atoms with Crippen molar-refractivity contribution in [2.45, 2.75) is 56.6 Å². The van der Waals surface area contributed by atoms with Crippen molar-refractivity contribution < 1.29 is 27.1 Å². The maximum Gasteiger partial charge on any atom is 0.344 e. The van der Waals surface area contributed by atoms with Gasteiger partial charge in [-0.15, -0.1) is 0 Å². The molecule has 0 saturated heterocycles. The van der Waals surface area contributed by atoms with Crippen LogP contribution >= 0.6 is 11.6 Å². The van der Waals surface area contributed by atoms with Crippen LogP contribution in [0.5, 0.6) is 5.75 Å². The predicted octanol–water partition coefficient (Wildman–Crippen LogP) is 4.56. The Morgan fingerprint density at radius 2 is 2.00 bits per heavy atom. The number of hydrogen-bond acceptors (Lipinski definition) is 5. The van der Waals surface area contributed by atoms with Gasteiger partial charge < -0.3 is 9.47 Å². The summed E-state index contributed by atoms with van der Waals surface area (Å²) in [4.78, 5) is 11.9. The highest BCUT2D eigenvalue weighted by molar-refractivity contribution is 7.89. The van der Waals surface area contributed by atoms with Gasteiger partial charge in [-0.25, -0.2) is 22.3 Å². The van der Waals surface area contributed by atoms with Crippen LogP contribution in [0, 0.1) is 5.82 Å². The molecule has 0 aliphatic heterocycles. The molecule has 1 aliphatic carbocycles. The second-order valence-electron chi connectivity index (χ2n) is 8.34. The normalized spacial score (nSPS) is 16.5. The molecule has 6 nitrogen and oxygen atoms in total. The smallest absolute Gasteiger partial charge is 0.344 e. The number of carbonyl (C=O) groups is 1. The Morgan fingerprint density at radius 3 is 2.68 bits per heavy atom. The summed E-state index contributed by atoms with van der Waals surface area (Å²) in [5, 5.41) is -0.259. The van der Waals surface area contributed by atoms with Crippen LogP contribution in [0.2, 0.25) is 5.02 Å². The van der Waals surface area contributed by atoms with E-state index in [0.29, 0.717) is 18.6 Å². The predicted molar refractivity (Wildman–Crippen MR) is 115 cm³/mol. The molecule has 9 heteroatoms. The zero-order chi connectivity index (χ0) is 22.8. The van der Waals surface area contributed by atoms with Crippen molar-refractivity contribution in [1.29, 1.82) is 0 Å². The third kappa shape index (κ3) is 5.96. The second-order valence-corrected chi connectivity index (χ2v) is 10.5. The number of ether oxygens (including phenoxy) is 2. The number of sulfonamides is 1. The molecule has 1 N–H and O–H groups in total. The third-order valence-corrected chi connectivity index (χ3v) is 6.49. The van der Waals surface area contributed by atoms with Crippen LogP contribution in [0.1, 0.15) is 50.8 Å². The highest BCUT2D eigenvalue weighted by Gasteiger charge is 2.28. The van der Waals surface area contributed by atoms with Crippen molar-refractivity contribution in [3.05, 3.63) is 58.4 Å². The Labute approximate surface area is 186 Å². The van der Waals surface area contributed by atoms with Gasteiger partial charge >= 0.3 is 5.97 Å². The standard InChI is InChI=1S/C22H25ClFNO5S/c1-22(2,3)30-21(26)13-29-20-9-5-6-15-16(20)7-4-8-19(15)25-31(27,28)14-10-11-18(24)17(23)12-14/h5-6,9-12,19,25H,4,7-8,13H2,1-3H3/t19-/m1/s1. The molecule has 2 aromatic rings. The van der Waals surface area contributed by atoms with Crippen LogP contribution in [0.25, 0.3) is 0 Å². The number of benzene rings is 2. The summed E-state index contributed by atoms with van der Waals surface area (Å²) in [6.07, 6.45) is 2.02. The van der Waals surface area contributed by atoms with Gasteiger partial charge in [-0.1, -0.05) is 23.7 Å². The van der Waals surface area contributed by atoms with Crippen LogP contribution in [0.15, 0.2) is 41.3 Å². The van der Waals surface area contributed by atoms with Crippen LogP contribution in [0.4, 0.5) is 4.39 Å². The van der Waals surface area contributed by atoms with Crippen molar-refractivity contribution in [3.63, 3.8) is 0 Å². The first-order chi connectivity index (χ1) is 14.5. The molecule has 0 heterocycles. The molecule has 0 radical (unpaired) electrons. The number of esters is 1. The van der Waals surface area contributed by atoms with Gasteiger partial charge in [-0.3, -0.25) is 0 Å². The maximum atomic E-state index is 13.4. The Kier molecular flexibility index (Phi) is 6.93. The summed E-state index contributed by atoms with van der Waals surface area (Å²) < 4.78 is 52.7. The number of fused-ring (bicyclic) bond motifs is 1.